The second-order valence-electron chi connectivity index (χ2n) is 3.51. The van der Waals surface area contributed by atoms with Crippen LogP contribution in [-0.4, -0.2) is 19.3 Å². The Hall–Kier alpha value is -0.0900. The molecule has 7 heteroatoms. The number of halogens is 2. The molecule has 0 saturated heterocycles. The van der Waals surface area contributed by atoms with Crippen molar-refractivity contribution >= 4 is 30.8 Å². The molecular weight excluding hydrogens is 286 g/mol. The summed E-state index contributed by atoms with van der Waals surface area (Å²) < 4.78 is 21.8. The van der Waals surface area contributed by atoms with Crippen molar-refractivity contribution < 1.29 is 18.7 Å². The van der Waals surface area contributed by atoms with Crippen molar-refractivity contribution in [3.63, 3.8) is 0 Å². The molecule has 0 saturated carbocycles. The molecule has 4 nitrogen and oxygen atoms in total. The zero-order valence-corrected chi connectivity index (χ0v) is 12.0. The Balaban J connectivity index is 3.35. The van der Waals surface area contributed by atoms with Gasteiger partial charge < -0.3 is 14.2 Å². The highest BCUT2D eigenvalue weighted by molar-refractivity contribution is 7.54. The molecule has 0 radical (unpaired) electrons. The summed E-state index contributed by atoms with van der Waals surface area (Å²) in [7, 11) is -1.33. The van der Waals surface area contributed by atoms with E-state index in [-0.39, 0.29) is 10.6 Å². The summed E-state index contributed by atoms with van der Waals surface area (Å²) in [6.07, 6.45) is 0. The summed E-state index contributed by atoms with van der Waals surface area (Å²) in [6.45, 7) is 1.32. The van der Waals surface area contributed by atoms with Crippen molar-refractivity contribution in [3.8, 4) is 0 Å². The van der Waals surface area contributed by atoms with Gasteiger partial charge in [-0.1, -0.05) is 29.3 Å². The van der Waals surface area contributed by atoms with E-state index >= 15 is 0 Å². The summed E-state index contributed by atoms with van der Waals surface area (Å²) in [5.74, 6) is 0. The molecule has 1 aromatic rings. The maximum Gasteiger partial charge on any atom is 0.365 e. The second kappa shape index (κ2) is 5.27. The number of benzene rings is 1. The van der Waals surface area contributed by atoms with E-state index in [1.807, 2.05) is 0 Å². The molecule has 0 aliphatic heterocycles. The van der Waals surface area contributed by atoms with Gasteiger partial charge in [0.1, 0.15) is 0 Å². The zero-order valence-electron chi connectivity index (χ0n) is 9.61. The van der Waals surface area contributed by atoms with Crippen molar-refractivity contribution in [1.82, 2.24) is 0 Å². The molecule has 1 unspecified atom stereocenters. The van der Waals surface area contributed by atoms with Crippen LogP contribution in [0.4, 0.5) is 0 Å². The molecule has 0 spiro atoms. The second-order valence-corrected chi connectivity index (χ2v) is 6.95. The van der Waals surface area contributed by atoms with Crippen LogP contribution in [0.3, 0.4) is 0 Å². The Kier molecular flexibility index (Phi) is 4.64. The minimum atomic E-state index is -3.72. The van der Waals surface area contributed by atoms with Crippen LogP contribution in [0.25, 0.3) is 0 Å². The Morgan fingerprint density at radius 1 is 1.29 bits per heavy atom. The van der Waals surface area contributed by atoms with Crippen molar-refractivity contribution in [3.05, 3.63) is 33.8 Å². The van der Waals surface area contributed by atoms with E-state index in [1.54, 1.807) is 0 Å². The number of hydrogen-bond acceptors (Lipinski definition) is 4. The van der Waals surface area contributed by atoms with E-state index in [2.05, 4.69) is 0 Å². The molecular formula is C10H13Cl2O4P. The molecule has 1 rings (SSSR count). The lowest BCUT2D eigenvalue weighted by molar-refractivity contribution is 0.0933. The maximum atomic E-state index is 12.2. The Bertz CT molecular complexity index is 454. The third-order valence-corrected chi connectivity index (χ3v) is 5.27. The molecule has 17 heavy (non-hydrogen) atoms. The van der Waals surface area contributed by atoms with E-state index in [1.165, 1.54) is 39.3 Å². The average Bonchev–Trinajstić information content (AvgIpc) is 2.27. The van der Waals surface area contributed by atoms with Crippen LogP contribution in [0.1, 0.15) is 12.5 Å². The van der Waals surface area contributed by atoms with Gasteiger partial charge in [-0.05, 0) is 19.1 Å². The highest BCUT2D eigenvalue weighted by Crippen LogP contribution is 2.63. The highest BCUT2D eigenvalue weighted by atomic mass is 35.5. The van der Waals surface area contributed by atoms with Gasteiger partial charge in [0.2, 0.25) is 0 Å². The van der Waals surface area contributed by atoms with Crippen LogP contribution in [0.2, 0.25) is 10.0 Å². The molecule has 1 aromatic carbocycles. The minimum absolute atomic E-state index is 0.192. The van der Waals surface area contributed by atoms with Gasteiger partial charge in [0.05, 0.1) is 0 Å². The minimum Gasteiger partial charge on any atom is -0.373 e. The summed E-state index contributed by atoms with van der Waals surface area (Å²) in [4.78, 5) is 0. The van der Waals surface area contributed by atoms with Gasteiger partial charge in [0.25, 0.3) is 0 Å². The van der Waals surface area contributed by atoms with Crippen molar-refractivity contribution in [2.75, 3.05) is 14.2 Å². The van der Waals surface area contributed by atoms with E-state index in [9.17, 15) is 9.67 Å². The standard InChI is InChI=1S/C10H13Cl2O4P/c1-10(13,17(14,15-2)16-3)8-5-4-7(11)6-9(8)12/h4-6,13H,1-3H3. The lowest BCUT2D eigenvalue weighted by Crippen LogP contribution is -2.23. The lowest BCUT2D eigenvalue weighted by atomic mass is 10.1. The van der Waals surface area contributed by atoms with Gasteiger partial charge in [0.15, 0.2) is 5.34 Å². The Morgan fingerprint density at radius 2 is 1.82 bits per heavy atom. The third kappa shape index (κ3) is 2.68. The van der Waals surface area contributed by atoms with Crippen molar-refractivity contribution in [2.45, 2.75) is 12.3 Å². The molecule has 0 aliphatic carbocycles. The van der Waals surface area contributed by atoms with Gasteiger partial charge >= 0.3 is 7.60 Å². The summed E-state index contributed by atoms with van der Waals surface area (Å²) in [6, 6.07) is 4.46. The van der Waals surface area contributed by atoms with Gasteiger partial charge in [-0.15, -0.1) is 0 Å². The molecule has 1 atom stereocenters. The summed E-state index contributed by atoms with van der Waals surface area (Å²) >= 11 is 11.7. The fourth-order valence-electron chi connectivity index (χ4n) is 1.45. The summed E-state index contributed by atoms with van der Waals surface area (Å²) in [5.41, 5.74) is 0.232. The van der Waals surface area contributed by atoms with Crippen molar-refractivity contribution in [2.24, 2.45) is 0 Å². The fourth-order valence-corrected chi connectivity index (χ4v) is 3.46. The van der Waals surface area contributed by atoms with Crippen LogP contribution in [-0.2, 0) is 19.0 Å². The van der Waals surface area contributed by atoms with E-state index in [0.29, 0.717) is 5.02 Å². The first-order valence-corrected chi connectivity index (χ1v) is 6.98. The molecule has 0 bridgehead atoms. The first kappa shape index (κ1) is 15.0. The van der Waals surface area contributed by atoms with Crippen LogP contribution in [0.15, 0.2) is 18.2 Å². The number of hydrogen-bond donors (Lipinski definition) is 1. The molecule has 0 amide bonds. The molecule has 0 heterocycles. The van der Waals surface area contributed by atoms with Gasteiger partial charge in [-0.3, -0.25) is 4.57 Å². The number of aliphatic hydroxyl groups is 1. The fraction of sp³-hybridized carbons (Fsp3) is 0.400. The highest BCUT2D eigenvalue weighted by Gasteiger charge is 2.47. The topological polar surface area (TPSA) is 55.8 Å². The van der Waals surface area contributed by atoms with Gasteiger partial charge in [0, 0.05) is 29.8 Å². The molecule has 1 N–H and O–H groups in total. The Morgan fingerprint density at radius 3 is 2.24 bits per heavy atom. The van der Waals surface area contributed by atoms with Gasteiger partial charge in [-0.25, -0.2) is 0 Å². The predicted octanol–water partition coefficient (Wildman–Crippen LogP) is 3.64. The first-order valence-electron chi connectivity index (χ1n) is 4.68. The van der Waals surface area contributed by atoms with E-state index in [0.717, 1.165) is 0 Å². The molecule has 0 aromatic heterocycles. The average molecular weight is 299 g/mol. The maximum absolute atomic E-state index is 12.2. The summed E-state index contributed by atoms with van der Waals surface area (Å²) in [5, 5.41) is 9.09. The molecule has 0 aliphatic rings. The van der Waals surface area contributed by atoms with Crippen LogP contribution < -0.4 is 0 Å². The van der Waals surface area contributed by atoms with E-state index < -0.39 is 12.9 Å². The third-order valence-electron chi connectivity index (χ3n) is 2.46. The SMILES string of the molecule is COP(=O)(OC)C(C)(O)c1ccc(Cl)cc1Cl. The smallest absolute Gasteiger partial charge is 0.365 e. The normalized spacial score (nSPS) is 15.6. The van der Waals surface area contributed by atoms with Crippen LogP contribution >= 0.6 is 30.8 Å². The number of rotatable bonds is 4. The zero-order chi connectivity index (χ0) is 13.3. The van der Waals surface area contributed by atoms with E-state index in [4.69, 9.17) is 32.2 Å². The monoisotopic (exact) mass is 298 g/mol. The predicted molar refractivity (Wildman–Crippen MR) is 67.7 cm³/mol. The molecule has 0 fully saturated rings. The Labute approximate surface area is 110 Å². The van der Waals surface area contributed by atoms with Crippen LogP contribution in [0.5, 0.6) is 0 Å². The lowest BCUT2D eigenvalue weighted by Gasteiger charge is -2.30. The molecule has 96 valence electrons. The van der Waals surface area contributed by atoms with Crippen molar-refractivity contribution in [1.29, 1.82) is 0 Å². The largest absolute Gasteiger partial charge is 0.373 e. The quantitative estimate of drug-likeness (QED) is 0.862. The first-order chi connectivity index (χ1) is 7.78. The van der Waals surface area contributed by atoms with Gasteiger partial charge in [-0.2, -0.15) is 0 Å². The van der Waals surface area contributed by atoms with Crippen LogP contribution in [0, 0.1) is 0 Å².